The van der Waals surface area contributed by atoms with Crippen molar-refractivity contribution in [2.45, 2.75) is 64.6 Å². The summed E-state index contributed by atoms with van der Waals surface area (Å²) in [5.41, 5.74) is 4.14. The Labute approximate surface area is 125 Å². The Balaban J connectivity index is 1.79. The van der Waals surface area contributed by atoms with Gasteiger partial charge in [-0.05, 0) is 43.4 Å². The average molecular weight is 288 g/mol. The van der Waals surface area contributed by atoms with E-state index in [0.717, 1.165) is 48.4 Å². The zero-order valence-corrected chi connectivity index (χ0v) is 13.0. The first-order valence-electron chi connectivity index (χ1n) is 7.86. The number of benzene rings is 1. The highest BCUT2D eigenvalue weighted by atomic mass is 16.3. The Morgan fingerprint density at radius 1 is 1.38 bits per heavy atom. The van der Waals surface area contributed by atoms with E-state index in [-0.39, 0.29) is 12.1 Å². The number of oxazole rings is 1. The summed E-state index contributed by atoms with van der Waals surface area (Å²) in [6, 6.07) is 4.46. The lowest BCUT2D eigenvalue weighted by atomic mass is 10.1. The summed E-state index contributed by atoms with van der Waals surface area (Å²) in [5, 5.41) is 13.3. The van der Waals surface area contributed by atoms with Crippen LogP contribution in [0.3, 0.4) is 0 Å². The van der Waals surface area contributed by atoms with Crippen molar-refractivity contribution in [1.29, 1.82) is 0 Å². The van der Waals surface area contributed by atoms with Crippen molar-refractivity contribution in [2.24, 2.45) is 0 Å². The van der Waals surface area contributed by atoms with Crippen LogP contribution in [0.25, 0.3) is 11.1 Å². The average Bonchev–Trinajstić information content (AvgIpc) is 3.03. The van der Waals surface area contributed by atoms with Gasteiger partial charge >= 0.3 is 0 Å². The van der Waals surface area contributed by atoms with E-state index in [9.17, 15) is 5.11 Å². The van der Waals surface area contributed by atoms with Gasteiger partial charge in [0.1, 0.15) is 5.52 Å². The van der Waals surface area contributed by atoms with Crippen molar-refractivity contribution >= 4 is 11.1 Å². The Bertz CT molecular complexity index is 633. The van der Waals surface area contributed by atoms with Gasteiger partial charge in [0.25, 0.3) is 0 Å². The zero-order chi connectivity index (χ0) is 15.0. The number of aromatic nitrogens is 1. The van der Waals surface area contributed by atoms with Gasteiger partial charge in [-0.1, -0.05) is 19.9 Å². The minimum absolute atomic E-state index is 0.200. The van der Waals surface area contributed by atoms with E-state index in [4.69, 9.17) is 4.42 Å². The molecule has 0 saturated heterocycles. The number of nitrogens with zero attached hydrogens (tertiary/aromatic N) is 1. The van der Waals surface area contributed by atoms with E-state index in [0.29, 0.717) is 5.92 Å². The molecule has 1 aromatic heterocycles. The highest BCUT2D eigenvalue weighted by Crippen LogP contribution is 2.26. The zero-order valence-electron chi connectivity index (χ0n) is 13.0. The molecule has 0 bridgehead atoms. The van der Waals surface area contributed by atoms with E-state index in [1.165, 1.54) is 5.56 Å². The molecule has 4 nitrogen and oxygen atoms in total. The maximum atomic E-state index is 9.87. The first-order valence-corrected chi connectivity index (χ1v) is 7.86. The van der Waals surface area contributed by atoms with Crippen LogP contribution < -0.4 is 5.32 Å². The van der Waals surface area contributed by atoms with Gasteiger partial charge in [0.05, 0.1) is 6.10 Å². The van der Waals surface area contributed by atoms with Crippen molar-refractivity contribution in [3.05, 3.63) is 29.2 Å². The van der Waals surface area contributed by atoms with Crippen LogP contribution in [-0.4, -0.2) is 22.2 Å². The number of hydrogen-bond donors (Lipinski definition) is 2. The van der Waals surface area contributed by atoms with E-state index in [1.807, 2.05) is 0 Å². The monoisotopic (exact) mass is 288 g/mol. The Morgan fingerprint density at radius 3 is 2.86 bits per heavy atom. The third-order valence-electron chi connectivity index (χ3n) is 4.29. The number of nitrogens with one attached hydrogen (secondary N) is 1. The normalized spacial score (nSPS) is 22.5. The summed E-state index contributed by atoms with van der Waals surface area (Å²) in [4.78, 5) is 4.58. The van der Waals surface area contributed by atoms with Crippen molar-refractivity contribution in [3.63, 3.8) is 0 Å². The molecule has 0 radical (unpaired) electrons. The molecule has 0 aliphatic heterocycles. The molecule has 0 amide bonds. The van der Waals surface area contributed by atoms with Gasteiger partial charge in [-0.15, -0.1) is 0 Å². The van der Waals surface area contributed by atoms with Crippen molar-refractivity contribution < 1.29 is 9.52 Å². The molecule has 1 fully saturated rings. The van der Waals surface area contributed by atoms with Gasteiger partial charge in [0.15, 0.2) is 11.5 Å². The second-order valence-corrected chi connectivity index (χ2v) is 6.45. The lowest BCUT2D eigenvalue weighted by Gasteiger charge is -2.16. The summed E-state index contributed by atoms with van der Waals surface area (Å²) < 4.78 is 5.84. The number of aliphatic hydroxyl groups is 1. The summed E-state index contributed by atoms with van der Waals surface area (Å²) >= 11 is 0. The van der Waals surface area contributed by atoms with Crippen LogP contribution in [0.2, 0.25) is 0 Å². The molecule has 1 heterocycles. The van der Waals surface area contributed by atoms with E-state index < -0.39 is 0 Å². The molecule has 4 heteroatoms. The quantitative estimate of drug-likeness (QED) is 0.906. The molecule has 2 N–H and O–H groups in total. The summed E-state index contributed by atoms with van der Waals surface area (Å²) in [7, 11) is 0. The fourth-order valence-electron chi connectivity index (χ4n) is 3.07. The molecule has 1 aliphatic rings. The molecule has 2 aromatic rings. The second-order valence-electron chi connectivity index (χ2n) is 6.45. The molecular formula is C17H24N2O2. The first-order chi connectivity index (χ1) is 10.0. The van der Waals surface area contributed by atoms with Crippen LogP contribution in [0.15, 0.2) is 16.5 Å². The molecule has 1 saturated carbocycles. The predicted octanol–water partition coefficient (Wildman–Crippen LogP) is 3.26. The van der Waals surface area contributed by atoms with Crippen molar-refractivity contribution in [3.8, 4) is 0 Å². The Kier molecular flexibility index (Phi) is 4.00. The molecule has 1 aromatic carbocycles. The van der Waals surface area contributed by atoms with Crippen LogP contribution in [0.4, 0.5) is 0 Å². The fraction of sp³-hybridized carbons (Fsp3) is 0.588. The van der Waals surface area contributed by atoms with Gasteiger partial charge in [-0.25, -0.2) is 4.98 Å². The van der Waals surface area contributed by atoms with Gasteiger partial charge in [0.2, 0.25) is 0 Å². The van der Waals surface area contributed by atoms with Crippen LogP contribution >= 0.6 is 0 Å². The molecular weight excluding hydrogens is 264 g/mol. The number of aryl methyl sites for hydroxylation is 1. The molecule has 2 unspecified atom stereocenters. The predicted molar refractivity (Wildman–Crippen MR) is 83.3 cm³/mol. The van der Waals surface area contributed by atoms with Gasteiger partial charge in [-0.3, -0.25) is 0 Å². The van der Waals surface area contributed by atoms with Gasteiger partial charge in [-0.2, -0.15) is 0 Å². The van der Waals surface area contributed by atoms with Crippen LogP contribution in [0.5, 0.6) is 0 Å². The number of aliphatic hydroxyl groups excluding tert-OH is 1. The Hall–Kier alpha value is -1.39. The third-order valence-corrected chi connectivity index (χ3v) is 4.29. The maximum absolute atomic E-state index is 9.87. The van der Waals surface area contributed by atoms with E-state index >= 15 is 0 Å². The lowest BCUT2D eigenvalue weighted by Crippen LogP contribution is -2.35. The Morgan fingerprint density at radius 2 is 2.19 bits per heavy atom. The molecule has 1 aliphatic carbocycles. The third kappa shape index (κ3) is 2.97. The first kappa shape index (κ1) is 14.5. The molecule has 114 valence electrons. The van der Waals surface area contributed by atoms with Crippen LogP contribution in [0.1, 0.15) is 56.0 Å². The van der Waals surface area contributed by atoms with Gasteiger partial charge < -0.3 is 14.8 Å². The topological polar surface area (TPSA) is 58.3 Å². The van der Waals surface area contributed by atoms with Crippen molar-refractivity contribution in [1.82, 2.24) is 10.3 Å². The maximum Gasteiger partial charge on any atom is 0.198 e. The fourth-order valence-corrected chi connectivity index (χ4v) is 3.07. The van der Waals surface area contributed by atoms with Crippen LogP contribution in [-0.2, 0) is 6.54 Å². The summed E-state index contributed by atoms with van der Waals surface area (Å²) in [6.07, 6.45) is 2.88. The van der Waals surface area contributed by atoms with Crippen LogP contribution in [0, 0.1) is 6.92 Å². The number of rotatable bonds is 4. The number of fused-ring (bicyclic) bond motifs is 1. The molecule has 3 rings (SSSR count). The smallest absolute Gasteiger partial charge is 0.198 e. The van der Waals surface area contributed by atoms with Crippen molar-refractivity contribution in [2.75, 3.05) is 0 Å². The minimum atomic E-state index is -0.200. The van der Waals surface area contributed by atoms with E-state index in [2.05, 4.69) is 43.2 Å². The molecule has 2 atom stereocenters. The highest BCUT2D eigenvalue weighted by Gasteiger charge is 2.24. The largest absolute Gasteiger partial charge is 0.440 e. The summed E-state index contributed by atoms with van der Waals surface area (Å²) in [6.45, 7) is 7.00. The van der Waals surface area contributed by atoms with E-state index in [1.54, 1.807) is 0 Å². The standard InChI is InChI=1S/C17H24N2O2/c1-10(2)17-19-14-8-12(7-11(3)16(14)21-17)9-18-13-5-4-6-15(13)20/h7-8,10,13,15,18,20H,4-6,9H2,1-3H3. The minimum Gasteiger partial charge on any atom is -0.440 e. The highest BCUT2D eigenvalue weighted by molar-refractivity contribution is 5.77. The SMILES string of the molecule is Cc1cc(CNC2CCCC2O)cc2nc(C(C)C)oc12. The van der Waals surface area contributed by atoms with Gasteiger partial charge in [0, 0.05) is 18.5 Å². The summed E-state index contributed by atoms with van der Waals surface area (Å²) in [5.74, 6) is 1.09. The number of hydrogen-bond acceptors (Lipinski definition) is 4. The lowest BCUT2D eigenvalue weighted by molar-refractivity contribution is 0.148. The second kappa shape index (κ2) is 5.78. The molecule has 21 heavy (non-hydrogen) atoms. The molecule has 0 spiro atoms.